The number of halogens is 1. The van der Waals surface area contributed by atoms with E-state index in [1.807, 2.05) is 6.92 Å². The van der Waals surface area contributed by atoms with Crippen molar-refractivity contribution in [3.63, 3.8) is 0 Å². The summed E-state index contributed by atoms with van der Waals surface area (Å²) < 4.78 is 10.9. The van der Waals surface area contributed by atoms with Gasteiger partial charge in [-0.05, 0) is 60.5 Å². The molecule has 1 aromatic heterocycles. The van der Waals surface area contributed by atoms with Gasteiger partial charge in [0.25, 0.3) is 11.8 Å². The lowest BCUT2D eigenvalue weighted by Crippen LogP contribution is -2.32. The van der Waals surface area contributed by atoms with E-state index >= 15 is 0 Å². The van der Waals surface area contributed by atoms with Gasteiger partial charge < -0.3 is 14.8 Å². The molecule has 0 aliphatic carbocycles. The number of nitrogens with one attached hydrogen (secondary N) is 1. The molecule has 0 unspecified atom stereocenters. The van der Waals surface area contributed by atoms with Crippen LogP contribution >= 0.6 is 11.6 Å². The summed E-state index contributed by atoms with van der Waals surface area (Å²) in [6.07, 6.45) is 3.24. The van der Waals surface area contributed by atoms with E-state index in [9.17, 15) is 9.59 Å². The lowest BCUT2D eigenvalue weighted by atomic mass is 10.0. The summed E-state index contributed by atoms with van der Waals surface area (Å²) in [5.74, 6) is 0.330. The normalized spacial score (nSPS) is 13.5. The topological polar surface area (TPSA) is 80.8 Å². The van der Waals surface area contributed by atoms with Crippen molar-refractivity contribution >= 4 is 34.7 Å². The molecule has 1 aliphatic rings. The number of carbonyl (C=O) groups is 2. The van der Waals surface area contributed by atoms with Crippen LogP contribution in [0.25, 0.3) is 5.57 Å². The SMILES string of the molecule is CCOc1ccc(C2=C(Nc3cc(Cl)ccc3OC)C(=O)N(Cc3ccncc3)C2=O)cc1. The van der Waals surface area contributed by atoms with Crippen molar-refractivity contribution in [2.45, 2.75) is 13.5 Å². The molecule has 7 nitrogen and oxygen atoms in total. The van der Waals surface area contributed by atoms with Crippen LogP contribution in [-0.2, 0) is 16.1 Å². The fourth-order valence-electron chi connectivity index (χ4n) is 3.57. The molecule has 0 fully saturated rings. The summed E-state index contributed by atoms with van der Waals surface area (Å²) in [6.45, 7) is 2.55. The van der Waals surface area contributed by atoms with Crippen LogP contribution in [0.5, 0.6) is 11.5 Å². The molecule has 2 aromatic carbocycles. The Balaban J connectivity index is 1.76. The average Bonchev–Trinajstić information content (AvgIpc) is 3.05. The molecular weight excluding hydrogens is 442 g/mol. The molecule has 0 saturated heterocycles. The first kappa shape index (κ1) is 22.4. The van der Waals surface area contributed by atoms with Crippen LogP contribution in [-0.4, -0.2) is 35.4 Å². The molecule has 1 N–H and O–H groups in total. The first-order valence-electron chi connectivity index (χ1n) is 10.3. The van der Waals surface area contributed by atoms with Gasteiger partial charge in [-0.25, -0.2) is 0 Å². The minimum atomic E-state index is -0.442. The molecule has 33 heavy (non-hydrogen) atoms. The number of methoxy groups -OCH3 is 1. The molecule has 3 aromatic rings. The molecule has 168 valence electrons. The predicted octanol–water partition coefficient (Wildman–Crippen LogP) is 4.53. The minimum Gasteiger partial charge on any atom is -0.495 e. The van der Waals surface area contributed by atoms with E-state index in [1.165, 1.54) is 12.0 Å². The number of benzene rings is 2. The summed E-state index contributed by atoms with van der Waals surface area (Å²) >= 11 is 6.17. The van der Waals surface area contributed by atoms with Gasteiger partial charge in [0.15, 0.2) is 0 Å². The van der Waals surface area contributed by atoms with Crippen molar-refractivity contribution in [3.05, 3.63) is 88.8 Å². The monoisotopic (exact) mass is 463 g/mol. The number of carbonyl (C=O) groups excluding carboxylic acids is 2. The maximum absolute atomic E-state index is 13.5. The van der Waals surface area contributed by atoms with Crippen LogP contribution in [0.4, 0.5) is 5.69 Å². The fourth-order valence-corrected chi connectivity index (χ4v) is 3.74. The number of pyridine rings is 1. The Labute approximate surface area is 196 Å². The highest BCUT2D eigenvalue weighted by Crippen LogP contribution is 2.35. The molecule has 0 radical (unpaired) electrons. The van der Waals surface area contributed by atoms with E-state index in [-0.39, 0.29) is 17.8 Å². The van der Waals surface area contributed by atoms with Gasteiger partial charge in [0.1, 0.15) is 17.2 Å². The third kappa shape index (κ3) is 4.68. The fraction of sp³-hybridized carbons (Fsp3) is 0.160. The van der Waals surface area contributed by atoms with Crippen LogP contribution in [0.3, 0.4) is 0 Å². The van der Waals surface area contributed by atoms with Gasteiger partial charge in [0.2, 0.25) is 0 Å². The Bertz CT molecular complexity index is 1210. The van der Waals surface area contributed by atoms with Crippen molar-refractivity contribution in [3.8, 4) is 11.5 Å². The second-order valence-corrected chi connectivity index (χ2v) is 7.67. The van der Waals surface area contributed by atoms with E-state index in [1.54, 1.807) is 67.0 Å². The zero-order valence-corrected chi connectivity index (χ0v) is 18.9. The average molecular weight is 464 g/mol. The van der Waals surface area contributed by atoms with Gasteiger partial charge in [-0.1, -0.05) is 23.7 Å². The largest absolute Gasteiger partial charge is 0.495 e. The van der Waals surface area contributed by atoms with Gasteiger partial charge in [-0.15, -0.1) is 0 Å². The summed E-state index contributed by atoms with van der Waals surface area (Å²) in [7, 11) is 1.52. The van der Waals surface area contributed by atoms with E-state index in [0.717, 1.165) is 5.56 Å². The second-order valence-electron chi connectivity index (χ2n) is 7.23. The first-order valence-corrected chi connectivity index (χ1v) is 10.7. The third-order valence-electron chi connectivity index (χ3n) is 5.13. The number of imide groups is 1. The van der Waals surface area contributed by atoms with E-state index in [2.05, 4.69) is 10.3 Å². The number of rotatable bonds is 8. The molecule has 1 aliphatic heterocycles. The Morgan fingerprint density at radius 3 is 2.39 bits per heavy atom. The van der Waals surface area contributed by atoms with E-state index in [0.29, 0.717) is 34.4 Å². The smallest absolute Gasteiger partial charge is 0.278 e. The minimum absolute atomic E-state index is 0.124. The summed E-state index contributed by atoms with van der Waals surface area (Å²) in [5, 5.41) is 3.56. The molecular formula is C25H22ClN3O4. The highest BCUT2D eigenvalue weighted by Gasteiger charge is 2.39. The highest BCUT2D eigenvalue weighted by molar-refractivity contribution is 6.36. The van der Waals surface area contributed by atoms with E-state index in [4.69, 9.17) is 21.1 Å². The van der Waals surface area contributed by atoms with Crippen molar-refractivity contribution in [1.82, 2.24) is 9.88 Å². The zero-order valence-electron chi connectivity index (χ0n) is 18.2. The van der Waals surface area contributed by atoms with Crippen molar-refractivity contribution in [2.24, 2.45) is 0 Å². The second kappa shape index (κ2) is 9.75. The molecule has 8 heteroatoms. The number of amides is 2. The van der Waals surface area contributed by atoms with Gasteiger partial charge in [0.05, 0.1) is 31.5 Å². The number of hydrogen-bond acceptors (Lipinski definition) is 6. The molecule has 4 rings (SSSR count). The third-order valence-corrected chi connectivity index (χ3v) is 5.37. The number of hydrogen-bond donors (Lipinski definition) is 1. The Hall–Kier alpha value is -3.84. The number of nitrogens with zero attached hydrogens (tertiary/aromatic N) is 2. The van der Waals surface area contributed by atoms with Crippen LogP contribution in [0.1, 0.15) is 18.1 Å². The van der Waals surface area contributed by atoms with E-state index < -0.39 is 11.8 Å². The highest BCUT2D eigenvalue weighted by atomic mass is 35.5. The summed E-state index contributed by atoms with van der Waals surface area (Å²) in [4.78, 5) is 32.1. The molecule has 0 atom stereocenters. The maximum atomic E-state index is 13.5. The van der Waals surface area contributed by atoms with Gasteiger partial charge in [0, 0.05) is 17.4 Å². The summed E-state index contributed by atoms with van der Waals surface area (Å²) in [5.41, 5.74) is 2.28. The number of anilines is 1. The predicted molar refractivity (Wildman–Crippen MR) is 126 cm³/mol. The van der Waals surface area contributed by atoms with Crippen LogP contribution in [0, 0.1) is 0 Å². The standard InChI is InChI=1S/C25H22ClN3O4/c1-3-33-19-7-4-17(5-8-19)22-23(28-20-14-18(26)6-9-21(20)32-2)25(31)29(24(22)30)15-16-10-12-27-13-11-16/h4-14,28H,3,15H2,1-2H3. The first-order chi connectivity index (χ1) is 16.0. The Morgan fingerprint density at radius 1 is 1.00 bits per heavy atom. The van der Waals surface area contributed by atoms with Crippen LogP contribution in [0.15, 0.2) is 72.7 Å². The van der Waals surface area contributed by atoms with Crippen molar-refractivity contribution in [2.75, 3.05) is 19.0 Å². The quantitative estimate of drug-likeness (QED) is 0.494. The lowest BCUT2D eigenvalue weighted by Gasteiger charge is -2.16. The van der Waals surface area contributed by atoms with Gasteiger partial charge in [-0.2, -0.15) is 0 Å². The van der Waals surface area contributed by atoms with Crippen LogP contribution in [0.2, 0.25) is 5.02 Å². The van der Waals surface area contributed by atoms with Crippen molar-refractivity contribution in [1.29, 1.82) is 0 Å². The Kier molecular flexibility index (Phi) is 6.60. The molecule has 2 amide bonds. The van der Waals surface area contributed by atoms with Gasteiger partial charge in [-0.3, -0.25) is 19.5 Å². The molecule has 0 bridgehead atoms. The molecule has 0 spiro atoms. The van der Waals surface area contributed by atoms with Crippen molar-refractivity contribution < 1.29 is 19.1 Å². The summed E-state index contributed by atoms with van der Waals surface area (Å²) in [6, 6.07) is 15.6. The zero-order chi connectivity index (χ0) is 23.4. The lowest BCUT2D eigenvalue weighted by molar-refractivity contribution is -0.137. The molecule has 0 saturated carbocycles. The Morgan fingerprint density at radius 2 is 1.73 bits per heavy atom. The number of ether oxygens (including phenoxy) is 2. The van der Waals surface area contributed by atoms with Crippen LogP contribution < -0.4 is 14.8 Å². The number of aromatic nitrogens is 1. The maximum Gasteiger partial charge on any atom is 0.278 e. The van der Waals surface area contributed by atoms with Gasteiger partial charge >= 0.3 is 0 Å². The molecule has 2 heterocycles.